The Morgan fingerprint density at radius 2 is 2.18 bits per heavy atom. The first-order valence-electron chi connectivity index (χ1n) is 9.69. The smallest absolute Gasteiger partial charge is 0.437 e. The van der Waals surface area contributed by atoms with Gasteiger partial charge in [0.2, 0.25) is 5.06 Å². The minimum Gasteiger partial charge on any atom is -0.437 e. The van der Waals surface area contributed by atoms with Gasteiger partial charge < -0.3 is 29.2 Å². The van der Waals surface area contributed by atoms with Crippen LogP contribution in [0.3, 0.4) is 0 Å². The van der Waals surface area contributed by atoms with E-state index in [0.717, 1.165) is 11.3 Å². The molecular weight excluding hydrogens is 500 g/mol. The number of rotatable bonds is 5. The predicted octanol–water partition coefficient (Wildman–Crippen LogP) is 4.23. The molecular formula is C19H18Cl2FN5O5S. The number of anilines is 1. The van der Waals surface area contributed by atoms with Crippen molar-refractivity contribution in [2.45, 2.75) is 25.6 Å². The van der Waals surface area contributed by atoms with Gasteiger partial charge in [0.25, 0.3) is 5.91 Å². The monoisotopic (exact) mass is 517 g/mol. The van der Waals surface area contributed by atoms with Crippen molar-refractivity contribution in [2.24, 2.45) is 0 Å². The Hall–Kier alpha value is -2.83. The normalized spacial score (nSPS) is 18.3. The third-order valence-electron chi connectivity index (χ3n) is 5.01. The first-order chi connectivity index (χ1) is 15.8. The number of aromatic amines is 1. The maximum atomic E-state index is 15.0. The molecule has 3 aromatic rings. The number of aryl methyl sites for hydroxylation is 1. The van der Waals surface area contributed by atoms with E-state index in [4.69, 9.17) is 32.5 Å². The van der Waals surface area contributed by atoms with Crippen molar-refractivity contribution in [3.63, 3.8) is 0 Å². The van der Waals surface area contributed by atoms with Gasteiger partial charge in [0.05, 0.1) is 35.9 Å². The Balaban J connectivity index is 1.47. The molecule has 33 heavy (non-hydrogen) atoms. The van der Waals surface area contributed by atoms with E-state index in [1.165, 1.54) is 13.3 Å². The average molecular weight is 518 g/mol. The molecule has 1 aliphatic heterocycles. The number of hydrogen-bond donors (Lipinski definition) is 2. The fraction of sp³-hybridized carbons (Fsp3) is 0.368. The molecule has 0 aromatic carbocycles. The van der Waals surface area contributed by atoms with Gasteiger partial charge in [-0.1, -0.05) is 39.7 Å². The van der Waals surface area contributed by atoms with Gasteiger partial charge in [0, 0.05) is 18.3 Å². The van der Waals surface area contributed by atoms with Gasteiger partial charge in [-0.05, 0) is 13.3 Å². The number of H-pyrrole nitrogens is 1. The Bertz CT molecular complexity index is 1170. The van der Waals surface area contributed by atoms with E-state index >= 15 is 4.39 Å². The van der Waals surface area contributed by atoms with Crippen LogP contribution in [0.25, 0.3) is 11.5 Å². The largest absolute Gasteiger partial charge is 0.514 e. The molecule has 14 heteroatoms. The van der Waals surface area contributed by atoms with Crippen LogP contribution in [0.15, 0.2) is 16.8 Å². The maximum Gasteiger partial charge on any atom is 0.514 e. The zero-order valence-electron chi connectivity index (χ0n) is 17.4. The number of methoxy groups -OCH3 is 1. The summed E-state index contributed by atoms with van der Waals surface area (Å²) in [7, 11) is 1.18. The SMILES string of the molecule is COC(=O)Oc1sc(N2CC[C@@H](NC(=O)c3[nH]c(C)c(Cl)c3Cl)[C@@H](F)C2)nc1-c1ccno1. The van der Waals surface area contributed by atoms with Crippen LogP contribution in [0, 0.1) is 6.92 Å². The van der Waals surface area contributed by atoms with Crippen LogP contribution < -0.4 is 15.0 Å². The van der Waals surface area contributed by atoms with E-state index in [9.17, 15) is 9.59 Å². The maximum absolute atomic E-state index is 15.0. The summed E-state index contributed by atoms with van der Waals surface area (Å²) >= 11 is 13.1. The van der Waals surface area contributed by atoms with Crippen LogP contribution in [-0.2, 0) is 4.74 Å². The Kier molecular flexibility index (Phi) is 6.77. The molecule has 1 saturated heterocycles. The van der Waals surface area contributed by atoms with E-state index in [1.54, 1.807) is 17.9 Å². The molecule has 1 amide bonds. The van der Waals surface area contributed by atoms with Crippen LogP contribution >= 0.6 is 34.5 Å². The highest BCUT2D eigenvalue weighted by atomic mass is 35.5. The number of carbonyl (C=O) groups excluding carboxylic acids is 2. The number of carbonyl (C=O) groups is 2. The number of halogens is 3. The highest BCUT2D eigenvalue weighted by Gasteiger charge is 2.34. The van der Waals surface area contributed by atoms with E-state index < -0.39 is 24.3 Å². The van der Waals surface area contributed by atoms with Crippen LogP contribution in [0.5, 0.6) is 5.06 Å². The molecule has 0 spiro atoms. The zero-order valence-corrected chi connectivity index (χ0v) is 19.7. The highest BCUT2D eigenvalue weighted by molar-refractivity contribution is 7.18. The van der Waals surface area contributed by atoms with Gasteiger partial charge in [0.15, 0.2) is 16.6 Å². The van der Waals surface area contributed by atoms with E-state index in [2.05, 4.69) is 25.2 Å². The number of ether oxygens (including phenoxy) is 2. The van der Waals surface area contributed by atoms with Gasteiger partial charge in [-0.25, -0.2) is 14.2 Å². The minimum atomic E-state index is -1.39. The summed E-state index contributed by atoms with van der Waals surface area (Å²) in [6.07, 6.45) is -0.583. The summed E-state index contributed by atoms with van der Waals surface area (Å²) in [4.78, 5) is 33.1. The predicted molar refractivity (Wildman–Crippen MR) is 119 cm³/mol. The minimum absolute atomic E-state index is 0.0375. The molecule has 2 atom stereocenters. The van der Waals surface area contributed by atoms with Gasteiger partial charge >= 0.3 is 6.16 Å². The third kappa shape index (κ3) is 4.77. The molecule has 4 rings (SSSR count). The molecule has 0 bridgehead atoms. The summed E-state index contributed by atoms with van der Waals surface area (Å²) < 4.78 is 29.8. The van der Waals surface area contributed by atoms with Crippen molar-refractivity contribution >= 4 is 51.7 Å². The highest BCUT2D eigenvalue weighted by Crippen LogP contribution is 2.40. The molecule has 3 aromatic heterocycles. The van der Waals surface area contributed by atoms with Crippen molar-refractivity contribution in [1.29, 1.82) is 0 Å². The van der Waals surface area contributed by atoms with E-state index in [0.29, 0.717) is 23.8 Å². The first-order valence-corrected chi connectivity index (χ1v) is 11.3. The van der Waals surface area contributed by atoms with Crippen LogP contribution in [0.1, 0.15) is 22.6 Å². The molecule has 176 valence electrons. The van der Waals surface area contributed by atoms with Crippen LogP contribution in [0.4, 0.5) is 14.3 Å². The number of piperidine rings is 1. The number of aromatic nitrogens is 3. The number of thiazole rings is 1. The number of nitrogens with zero attached hydrogens (tertiary/aromatic N) is 3. The van der Waals surface area contributed by atoms with Crippen LogP contribution in [0.2, 0.25) is 10.0 Å². The molecule has 0 unspecified atom stereocenters. The van der Waals surface area contributed by atoms with E-state index in [1.807, 2.05) is 0 Å². The van der Waals surface area contributed by atoms with Crippen molar-refractivity contribution in [2.75, 3.05) is 25.1 Å². The Morgan fingerprint density at radius 1 is 1.39 bits per heavy atom. The summed E-state index contributed by atoms with van der Waals surface area (Å²) in [5.41, 5.74) is 0.891. The Morgan fingerprint density at radius 3 is 2.79 bits per heavy atom. The molecule has 1 aliphatic rings. The summed E-state index contributed by atoms with van der Waals surface area (Å²) in [5, 5.41) is 7.21. The second kappa shape index (κ2) is 9.57. The Labute approximate surface area is 200 Å². The second-order valence-corrected chi connectivity index (χ2v) is 8.84. The topological polar surface area (TPSA) is 123 Å². The molecule has 10 nitrogen and oxygen atoms in total. The lowest BCUT2D eigenvalue weighted by Crippen LogP contribution is -2.52. The van der Waals surface area contributed by atoms with Gasteiger partial charge in [0.1, 0.15) is 11.9 Å². The van der Waals surface area contributed by atoms with Gasteiger partial charge in [-0.3, -0.25) is 4.79 Å². The molecule has 0 aliphatic carbocycles. The summed E-state index contributed by atoms with van der Waals surface area (Å²) in [6.45, 7) is 2.04. The third-order valence-corrected chi connectivity index (χ3v) is 6.95. The van der Waals surface area contributed by atoms with E-state index in [-0.39, 0.29) is 38.8 Å². The number of amides is 1. The van der Waals surface area contributed by atoms with Crippen molar-refractivity contribution in [3.8, 4) is 16.5 Å². The van der Waals surface area contributed by atoms with Crippen molar-refractivity contribution in [3.05, 3.63) is 33.7 Å². The number of alkyl halides is 1. The summed E-state index contributed by atoms with van der Waals surface area (Å²) in [5.74, 6) is -0.251. The lowest BCUT2D eigenvalue weighted by molar-refractivity contribution is 0.0894. The quantitative estimate of drug-likeness (QED) is 0.482. The lowest BCUT2D eigenvalue weighted by atomic mass is 10.0. The molecule has 0 radical (unpaired) electrons. The van der Waals surface area contributed by atoms with Gasteiger partial charge in [-0.2, -0.15) is 0 Å². The summed E-state index contributed by atoms with van der Waals surface area (Å²) in [6, 6.07) is 0.828. The molecule has 0 saturated carbocycles. The molecule has 2 N–H and O–H groups in total. The average Bonchev–Trinajstić information content (AvgIpc) is 3.52. The molecule has 1 fully saturated rings. The molecule has 4 heterocycles. The fourth-order valence-electron chi connectivity index (χ4n) is 3.32. The number of hydrogen-bond acceptors (Lipinski definition) is 9. The van der Waals surface area contributed by atoms with Gasteiger partial charge in [-0.15, -0.1) is 0 Å². The fourth-order valence-corrected chi connectivity index (χ4v) is 4.69. The number of nitrogens with one attached hydrogen (secondary N) is 2. The zero-order chi connectivity index (χ0) is 23.7. The van der Waals surface area contributed by atoms with Crippen LogP contribution in [-0.4, -0.2) is 59.6 Å². The standard InChI is InChI=1S/C19H18Cl2FN5O5S/c1-8-12(20)13(21)15(24-8)16(28)25-10-4-6-27(7-9(10)22)18-26-14(11-3-5-23-32-11)17(33-18)31-19(29)30-2/h3,5,9-10,24H,4,6-7H2,1-2H3,(H,25,28)/t9-,10+/m0/s1. The van der Waals surface area contributed by atoms with Crippen molar-refractivity contribution in [1.82, 2.24) is 20.4 Å². The second-order valence-electron chi connectivity index (χ2n) is 7.15. The first kappa shape index (κ1) is 23.3. The van der Waals surface area contributed by atoms with Crippen molar-refractivity contribution < 1.29 is 28.0 Å². The lowest BCUT2D eigenvalue weighted by Gasteiger charge is -2.34.